The third kappa shape index (κ3) is 2.04. The second-order valence-electron chi connectivity index (χ2n) is 4.55. The van der Waals surface area contributed by atoms with Crippen LogP contribution < -0.4 is 5.32 Å². The fourth-order valence-electron chi connectivity index (χ4n) is 2.30. The zero-order valence-corrected chi connectivity index (χ0v) is 9.73. The number of nitrogens with one attached hydrogen (secondary N) is 1. The minimum atomic E-state index is -0.392. The van der Waals surface area contributed by atoms with Gasteiger partial charge in [-0.15, -0.1) is 0 Å². The summed E-state index contributed by atoms with van der Waals surface area (Å²) >= 11 is 0. The number of carbonyl (C=O) groups excluding carboxylic acids is 2. The average molecular weight is 226 g/mol. The van der Waals surface area contributed by atoms with Gasteiger partial charge in [0, 0.05) is 26.1 Å². The predicted molar refractivity (Wildman–Crippen MR) is 57.8 cm³/mol. The number of nitrogens with zero attached hydrogens (tertiary/aromatic N) is 1. The van der Waals surface area contributed by atoms with E-state index in [0.29, 0.717) is 13.0 Å². The van der Waals surface area contributed by atoms with Gasteiger partial charge < -0.3 is 15.0 Å². The summed E-state index contributed by atoms with van der Waals surface area (Å²) in [6.45, 7) is 2.28. The van der Waals surface area contributed by atoms with E-state index in [4.69, 9.17) is 4.74 Å². The molecule has 2 aliphatic rings. The van der Waals surface area contributed by atoms with Crippen LogP contribution >= 0.6 is 0 Å². The maximum atomic E-state index is 12.0. The maximum absolute atomic E-state index is 12.0. The molecule has 0 radical (unpaired) electrons. The quantitative estimate of drug-likeness (QED) is 0.715. The maximum Gasteiger partial charge on any atom is 0.245 e. The number of methoxy groups -OCH3 is 1. The zero-order valence-electron chi connectivity index (χ0n) is 9.73. The third-order valence-corrected chi connectivity index (χ3v) is 3.45. The van der Waals surface area contributed by atoms with Gasteiger partial charge in [-0.1, -0.05) is 0 Å². The molecule has 90 valence electrons. The van der Waals surface area contributed by atoms with Crippen molar-refractivity contribution in [2.75, 3.05) is 13.7 Å². The molecular formula is C11H18N2O3. The summed E-state index contributed by atoms with van der Waals surface area (Å²) < 4.78 is 5.20. The predicted octanol–water partition coefficient (Wildman–Crippen LogP) is -0.0992. The lowest BCUT2D eigenvalue weighted by Gasteiger charge is -2.42. The van der Waals surface area contributed by atoms with Crippen LogP contribution in [-0.2, 0) is 14.3 Å². The van der Waals surface area contributed by atoms with Gasteiger partial charge in [0.15, 0.2) is 0 Å². The molecule has 1 aliphatic heterocycles. The first kappa shape index (κ1) is 11.4. The van der Waals surface area contributed by atoms with Crippen LogP contribution in [0.1, 0.15) is 26.2 Å². The highest BCUT2D eigenvalue weighted by Crippen LogP contribution is 2.29. The van der Waals surface area contributed by atoms with Crippen LogP contribution in [-0.4, -0.2) is 48.6 Å². The fraction of sp³-hybridized carbons (Fsp3) is 0.818. The van der Waals surface area contributed by atoms with E-state index in [1.165, 1.54) is 0 Å². The van der Waals surface area contributed by atoms with Crippen molar-refractivity contribution in [3.63, 3.8) is 0 Å². The summed E-state index contributed by atoms with van der Waals surface area (Å²) in [5.41, 5.74) is 0. The van der Waals surface area contributed by atoms with Crippen LogP contribution in [0.4, 0.5) is 0 Å². The third-order valence-electron chi connectivity index (χ3n) is 3.45. The molecule has 0 spiro atoms. The molecular weight excluding hydrogens is 208 g/mol. The van der Waals surface area contributed by atoms with Crippen LogP contribution in [0.15, 0.2) is 0 Å². The van der Waals surface area contributed by atoms with Gasteiger partial charge in [0.1, 0.15) is 6.04 Å². The van der Waals surface area contributed by atoms with Crippen LogP contribution in [0.3, 0.4) is 0 Å². The molecule has 0 aromatic heterocycles. The molecule has 2 rings (SSSR count). The first-order chi connectivity index (χ1) is 7.61. The molecule has 5 heteroatoms. The van der Waals surface area contributed by atoms with E-state index in [9.17, 15) is 9.59 Å². The standard InChI is InChI=1S/C11H18N2O3/c1-7-11(15)13(4-3-10(14)12-7)8-5-9(6-8)16-2/h7-9H,3-6H2,1-2H3,(H,12,14). The lowest BCUT2D eigenvalue weighted by Crippen LogP contribution is -2.53. The van der Waals surface area contributed by atoms with Crippen molar-refractivity contribution in [3.05, 3.63) is 0 Å². The lowest BCUT2D eigenvalue weighted by molar-refractivity contribution is -0.139. The van der Waals surface area contributed by atoms with Gasteiger partial charge in [-0.2, -0.15) is 0 Å². The van der Waals surface area contributed by atoms with E-state index < -0.39 is 6.04 Å². The van der Waals surface area contributed by atoms with E-state index in [2.05, 4.69) is 5.32 Å². The molecule has 2 fully saturated rings. The molecule has 1 N–H and O–H groups in total. The Hall–Kier alpha value is -1.10. The van der Waals surface area contributed by atoms with E-state index in [-0.39, 0.29) is 24.0 Å². The number of ether oxygens (including phenoxy) is 1. The molecule has 0 bridgehead atoms. The fourth-order valence-corrected chi connectivity index (χ4v) is 2.30. The Bertz CT molecular complexity index is 300. The number of hydrogen-bond donors (Lipinski definition) is 1. The molecule has 2 amide bonds. The molecule has 1 heterocycles. The summed E-state index contributed by atoms with van der Waals surface area (Å²) in [7, 11) is 1.69. The molecule has 0 aromatic carbocycles. The average Bonchev–Trinajstić information content (AvgIpc) is 2.29. The number of rotatable bonds is 2. The molecule has 1 atom stereocenters. The van der Waals surface area contributed by atoms with Crippen molar-refractivity contribution in [1.29, 1.82) is 0 Å². The van der Waals surface area contributed by atoms with Gasteiger partial charge >= 0.3 is 0 Å². The Morgan fingerprint density at radius 1 is 1.38 bits per heavy atom. The highest BCUT2D eigenvalue weighted by molar-refractivity contribution is 5.89. The highest BCUT2D eigenvalue weighted by atomic mass is 16.5. The van der Waals surface area contributed by atoms with Crippen molar-refractivity contribution in [1.82, 2.24) is 10.2 Å². The monoisotopic (exact) mass is 226 g/mol. The summed E-state index contributed by atoms with van der Waals surface area (Å²) in [4.78, 5) is 25.1. The SMILES string of the molecule is COC1CC(N2CCC(=O)NC(C)C2=O)C1. The summed E-state index contributed by atoms with van der Waals surface area (Å²) in [6, 6.07) is -0.135. The van der Waals surface area contributed by atoms with E-state index in [1.807, 2.05) is 4.90 Å². The molecule has 1 saturated heterocycles. The first-order valence-electron chi connectivity index (χ1n) is 5.74. The molecule has 0 aromatic rings. The van der Waals surface area contributed by atoms with Crippen LogP contribution in [0.2, 0.25) is 0 Å². The topological polar surface area (TPSA) is 58.6 Å². The number of amides is 2. The number of hydrogen-bond acceptors (Lipinski definition) is 3. The van der Waals surface area contributed by atoms with Gasteiger partial charge in [0.2, 0.25) is 11.8 Å². The van der Waals surface area contributed by atoms with Gasteiger partial charge in [0.05, 0.1) is 6.10 Å². The second kappa shape index (κ2) is 4.41. The molecule has 1 saturated carbocycles. The van der Waals surface area contributed by atoms with Crippen LogP contribution in [0.25, 0.3) is 0 Å². The molecule has 1 unspecified atom stereocenters. The largest absolute Gasteiger partial charge is 0.381 e. The van der Waals surface area contributed by atoms with Crippen LogP contribution in [0, 0.1) is 0 Å². The van der Waals surface area contributed by atoms with E-state index >= 15 is 0 Å². The molecule has 16 heavy (non-hydrogen) atoms. The Morgan fingerprint density at radius 2 is 2.06 bits per heavy atom. The highest BCUT2D eigenvalue weighted by Gasteiger charge is 2.38. The van der Waals surface area contributed by atoms with Crippen molar-refractivity contribution in [3.8, 4) is 0 Å². The van der Waals surface area contributed by atoms with E-state index in [1.54, 1.807) is 14.0 Å². The number of carbonyl (C=O) groups is 2. The summed E-state index contributed by atoms with van der Waals surface area (Å²) in [6.07, 6.45) is 2.47. The Kier molecular flexibility index (Phi) is 3.14. The Labute approximate surface area is 95.1 Å². The van der Waals surface area contributed by atoms with Gasteiger partial charge in [0.25, 0.3) is 0 Å². The Morgan fingerprint density at radius 3 is 2.69 bits per heavy atom. The van der Waals surface area contributed by atoms with Gasteiger partial charge in [-0.05, 0) is 19.8 Å². The molecule has 1 aliphatic carbocycles. The van der Waals surface area contributed by atoms with Gasteiger partial charge in [-0.3, -0.25) is 9.59 Å². The Balaban J connectivity index is 1.98. The van der Waals surface area contributed by atoms with E-state index in [0.717, 1.165) is 12.8 Å². The zero-order chi connectivity index (χ0) is 11.7. The normalized spacial score (nSPS) is 35.4. The smallest absolute Gasteiger partial charge is 0.245 e. The van der Waals surface area contributed by atoms with Crippen molar-refractivity contribution < 1.29 is 14.3 Å². The van der Waals surface area contributed by atoms with Gasteiger partial charge in [-0.25, -0.2) is 0 Å². The lowest BCUT2D eigenvalue weighted by atomic mass is 9.87. The summed E-state index contributed by atoms with van der Waals surface area (Å²) in [5, 5.41) is 2.69. The molecule has 5 nitrogen and oxygen atoms in total. The first-order valence-corrected chi connectivity index (χ1v) is 5.74. The minimum Gasteiger partial charge on any atom is -0.381 e. The summed E-state index contributed by atoms with van der Waals surface area (Å²) in [5.74, 6) is -0.00336. The van der Waals surface area contributed by atoms with Crippen LogP contribution in [0.5, 0.6) is 0 Å². The second-order valence-corrected chi connectivity index (χ2v) is 4.55. The minimum absolute atomic E-state index is 0.0328. The van der Waals surface area contributed by atoms with Crippen molar-refractivity contribution in [2.45, 2.75) is 44.4 Å². The van der Waals surface area contributed by atoms with Crippen molar-refractivity contribution in [2.24, 2.45) is 0 Å². The van der Waals surface area contributed by atoms with Crippen molar-refractivity contribution >= 4 is 11.8 Å².